The summed E-state index contributed by atoms with van der Waals surface area (Å²) in [5, 5.41) is 2.65. The summed E-state index contributed by atoms with van der Waals surface area (Å²) in [5.74, 6) is -38.4. The number of anilines is 1. The zero-order valence-electron chi connectivity index (χ0n) is 49.6. The lowest BCUT2D eigenvalue weighted by Gasteiger charge is -2.39. The van der Waals surface area contributed by atoms with Gasteiger partial charge in [-0.05, 0) is 151 Å². The van der Waals surface area contributed by atoms with E-state index in [4.69, 9.17) is 23.7 Å². The number of esters is 3. The van der Waals surface area contributed by atoms with Crippen molar-refractivity contribution in [2.45, 2.75) is 127 Å². The van der Waals surface area contributed by atoms with Crippen LogP contribution in [0.5, 0.6) is 11.5 Å². The number of ketones is 1. The van der Waals surface area contributed by atoms with E-state index >= 15 is 0 Å². The molecule has 12 nitrogen and oxygen atoms in total. The number of amides is 1. The van der Waals surface area contributed by atoms with Crippen molar-refractivity contribution < 1.29 is 109 Å². The Balaban J connectivity index is 0.000000541. The Labute approximate surface area is 507 Å². The lowest BCUT2D eigenvalue weighted by Crippen LogP contribution is -2.69. The molecule has 1 N–H and O–H groups in total. The van der Waals surface area contributed by atoms with Crippen molar-refractivity contribution in [1.82, 2.24) is 0 Å². The molecule has 0 radical (unpaired) electrons. The molecule has 0 bridgehead atoms. The minimum Gasteiger partial charge on any atom is -0.494 e. The number of alkyl halides is 13. The highest BCUT2D eigenvalue weighted by Gasteiger charge is 2.90. The van der Waals surface area contributed by atoms with Gasteiger partial charge in [0.25, 0.3) is 0 Å². The molecule has 4 rings (SSSR count). The molecule has 0 saturated carbocycles. The van der Waals surface area contributed by atoms with E-state index in [1.807, 2.05) is 57.2 Å². The van der Waals surface area contributed by atoms with Gasteiger partial charge in [0.1, 0.15) is 17.1 Å². The van der Waals surface area contributed by atoms with Gasteiger partial charge < -0.3 is 28.4 Å². The molecule has 0 aromatic heterocycles. The minimum atomic E-state index is -8.00. The van der Waals surface area contributed by atoms with E-state index in [2.05, 4.69) is 29.8 Å². The number of carbonyl (C=O) groups excluding carboxylic acids is 5. The van der Waals surface area contributed by atoms with Gasteiger partial charge in [-0.1, -0.05) is 92.6 Å². The van der Waals surface area contributed by atoms with E-state index in [-0.39, 0.29) is 30.7 Å². The van der Waals surface area contributed by atoms with Crippen molar-refractivity contribution in [3.63, 3.8) is 0 Å². The minimum absolute atomic E-state index is 0.0737. The molecule has 0 unspecified atom stereocenters. The summed E-state index contributed by atoms with van der Waals surface area (Å²) in [6, 6.07) is 21.7. The quantitative estimate of drug-likeness (QED) is 0.0133. The molecule has 0 saturated heterocycles. The van der Waals surface area contributed by atoms with Crippen LogP contribution in [0.1, 0.15) is 119 Å². The van der Waals surface area contributed by atoms with Crippen LogP contribution in [0.25, 0.3) is 18.2 Å². The standard InChI is InChI=1S/C31H27F13O4.C20H26O5.C13H17NO2/c1-19(2)25(46)48-18-6-4-3-5-17-47-23-14-7-20(8-15-23)9-16-24(45)21-10-12-22(13-11-21)26(32,33)27(34,35)28(36,37)29(38,39)30(40,41)31(42,43)44;1-16(2)20(22)25-15-7-5-4-6-14-24-18-11-8-17(9-12-18)10-13-19(21)23-3;1-5-10-6-8-11(9-7-10)14-12(15)16-13(2,3)4/h7-16H,1,3-6,17-18H2,2H3;8-13H,1,4-7,14-15H2,2-3H3;5-9H,1H2,2-4H3,(H,14,15)/b16-9+;13-10+;. The molecule has 0 aliphatic heterocycles. The van der Waals surface area contributed by atoms with E-state index in [1.54, 1.807) is 50.3 Å². The molecule has 25 heteroatoms. The summed E-state index contributed by atoms with van der Waals surface area (Å²) in [6.07, 6.45) is 5.79. The number of unbranched alkanes of at least 4 members (excludes halogenated alkanes) is 6. The Morgan fingerprint density at radius 1 is 0.494 bits per heavy atom. The maximum Gasteiger partial charge on any atom is 0.460 e. The van der Waals surface area contributed by atoms with Crippen LogP contribution in [0.4, 0.5) is 67.6 Å². The van der Waals surface area contributed by atoms with Gasteiger partial charge in [-0.15, -0.1) is 0 Å². The average molecular weight is 1280 g/mol. The summed E-state index contributed by atoms with van der Waals surface area (Å²) >= 11 is 0. The van der Waals surface area contributed by atoms with Crippen LogP contribution >= 0.6 is 0 Å². The van der Waals surface area contributed by atoms with Gasteiger partial charge >= 0.3 is 59.8 Å². The van der Waals surface area contributed by atoms with Crippen molar-refractivity contribution in [2.75, 3.05) is 38.9 Å². The number of hydrogen-bond acceptors (Lipinski definition) is 11. The van der Waals surface area contributed by atoms with Crippen molar-refractivity contribution in [3.8, 4) is 11.5 Å². The predicted molar refractivity (Wildman–Crippen MR) is 309 cm³/mol. The number of hydrogen-bond donors (Lipinski definition) is 1. The Morgan fingerprint density at radius 3 is 1.27 bits per heavy atom. The molecule has 1 amide bonds. The van der Waals surface area contributed by atoms with E-state index in [0.29, 0.717) is 72.9 Å². The fourth-order valence-corrected chi connectivity index (χ4v) is 6.84. The van der Waals surface area contributed by atoms with Crippen LogP contribution in [-0.4, -0.2) is 98.8 Å². The van der Waals surface area contributed by atoms with Gasteiger partial charge in [-0.2, -0.15) is 57.1 Å². The number of methoxy groups -OCH3 is 1. The van der Waals surface area contributed by atoms with Crippen LogP contribution in [0.3, 0.4) is 0 Å². The van der Waals surface area contributed by atoms with Gasteiger partial charge in [0.05, 0.1) is 33.5 Å². The van der Waals surface area contributed by atoms with Crippen LogP contribution in [-0.2, 0) is 39.3 Å². The second-order valence-electron chi connectivity index (χ2n) is 20.5. The lowest BCUT2D eigenvalue weighted by molar-refractivity contribution is -0.441. The molecule has 0 heterocycles. The molecule has 0 aliphatic carbocycles. The first-order chi connectivity index (χ1) is 41.3. The van der Waals surface area contributed by atoms with E-state index in [9.17, 15) is 81.0 Å². The van der Waals surface area contributed by atoms with Crippen molar-refractivity contribution >= 4 is 53.7 Å². The maximum atomic E-state index is 14.4. The molecule has 488 valence electrons. The van der Waals surface area contributed by atoms with Crippen molar-refractivity contribution in [1.29, 1.82) is 0 Å². The van der Waals surface area contributed by atoms with E-state index in [0.717, 1.165) is 61.5 Å². The zero-order valence-corrected chi connectivity index (χ0v) is 49.6. The first-order valence-electron chi connectivity index (χ1n) is 27.2. The van der Waals surface area contributed by atoms with Gasteiger partial charge in [0, 0.05) is 34.0 Å². The zero-order chi connectivity index (χ0) is 67.4. The Kier molecular flexibility index (Phi) is 30.1. The molecule has 0 atom stereocenters. The highest BCUT2D eigenvalue weighted by Crippen LogP contribution is 2.62. The SMILES string of the molecule is C=C(C)C(=O)OCCCCCCOc1ccc(/C=C/C(=O)OC)cc1.C=C(C)C(=O)OCCCCCCOc1ccc(/C=C/C(=O)c2ccc(C(F)(F)C(F)(F)C(F)(F)C(F)(F)C(F)(F)C(F)(F)F)cc2)cc1.C=Cc1ccc(NC(=O)OC(C)(C)C)cc1. The summed E-state index contributed by atoms with van der Waals surface area (Å²) in [7, 11) is 1.35. The van der Waals surface area contributed by atoms with Gasteiger partial charge in [-0.3, -0.25) is 10.1 Å². The van der Waals surface area contributed by atoms with Crippen molar-refractivity contribution in [2.24, 2.45) is 0 Å². The summed E-state index contributed by atoms with van der Waals surface area (Å²) in [5.41, 5.74) is 0.637. The topological polar surface area (TPSA) is 153 Å². The van der Waals surface area contributed by atoms with Gasteiger partial charge in [0.2, 0.25) is 0 Å². The van der Waals surface area contributed by atoms with Gasteiger partial charge in [-0.25, -0.2) is 19.2 Å². The highest BCUT2D eigenvalue weighted by molar-refractivity contribution is 6.06. The molecule has 89 heavy (non-hydrogen) atoms. The second kappa shape index (κ2) is 35.0. The second-order valence-corrected chi connectivity index (χ2v) is 20.5. The van der Waals surface area contributed by atoms with Crippen LogP contribution < -0.4 is 14.8 Å². The number of benzene rings is 4. The molecule has 4 aromatic carbocycles. The molecule has 0 spiro atoms. The van der Waals surface area contributed by atoms with Gasteiger partial charge in [0.15, 0.2) is 5.78 Å². The number of allylic oxidation sites excluding steroid dienone is 1. The fraction of sp³-hybridized carbons (Fsp3) is 0.391. The third-order valence-corrected chi connectivity index (χ3v) is 11.8. The Hall–Kier alpha value is -8.38. The highest BCUT2D eigenvalue weighted by atomic mass is 19.4. The third-order valence-electron chi connectivity index (χ3n) is 11.8. The molecular formula is C64H70F13NO11. The number of nitrogens with one attached hydrogen (secondary N) is 1. The predicted octanol–water partition coefficient (Wildman–Crippen LogP) is 17.4. The maximum absolute atomic E-state index is 14.4. The lowest BCUT2D eigenvalue weighted by atomic mass is 9.90. The number of halogens is 13. The Bertz CT molecular complexity index is 3010. The first-order valence-corrected chi connectivity index (χ1v) is 27.2. The summed E-state index contributed by atoms with van der Waals surface area (Å²) < 4.78 is 205. The van der Waals surface area contributed by atoms with Crippen LogP contribution in [0, 0.1) is 0 Å². The van der Waals surface area contributed by atoms with E-state index < -0.39 is 70.4 Å². The number of rotatable bonds is 30. The molecule has 0 aliphatic rings. The monoisotopic (exact) mass is 1280 g/mol. The molecular weight excluding hydrogens is 1210 g/mol. The average Bonchev–Trinajstić information content (AvgIpc) is 0.713. The molecule has 4 aromatic rings. The van der Waals surface area contributed by atoms with E-state index in [1.165, 1.54) is 31.4 Å². The summed E-state index contributed by atoms with van der Waals surface area (Å²) in [6.45, 7) is 21.1. The third kappa shape index (κ3) is 24.6. The van der Waals surface area contributed by atoms with Crippen LogP contribution in [0.15, 0.2) is 140 Å². The normalized spacial score (nSPS) is 12.1. The first kappa shape index (κ1) is 76.7. The fourth-order valence-electron chi connectivity index (χ4n) is 6.84. The van der Waals surface area contributed by atoms with Crippen LogP contribution in [0.2, 0.25) is 0 Å². The smallest absolute Gasteiger partial charge is 0.460 e. The van der Waals surface area contributed by atoms with Crippen molar-refractivity contribution in [3.05, 3.63) is 168 Å². The Morgan fingerprint density at radius 2 is 0.888 bits per heavy atom. The number of carbonyl (C=O) groups is 5. The number of ether oxygens (including phenoxy) is 6. The largest absolute Gasteiger partial charge is 0.494 e. The summed E-state index contributed by atoms with van der Waals surface area (Å²) in [4.78, 5) is 57.3. The molecule has 0 fully saturated rings.